The van der Waals surface area contributed by atoms with Crippen molar-refractivity contribution in [3.05, 3.63) is 35.4 Å². The molecule has 0 bridgehead atoms. The molecule has 0 aromatic heterocycles. The van der Waals surface area contributed by atoms with Crippen LogP contribution in [-0.4, -0.2) is 51.5 Å². The van der Waals surface area contributed by atoms with Crippen molar-refractivity contribution in [2.75, 3.05) is 0 Å². The largest absolute Gasteiger partial charge is 0.444 e. The number of hydrogen-bond acceptors (Lipinski definition) is 6. The summed E-state index contributed by atoms with van der Waals surface area (Å²) in [6.07, 6.45) is 2.55. The Morgan fingerprint density at radius 1 is 1.03 bits per heavy atom. The molecule has 29 heavy (non-hydrogen) atoms. The molecule has 1 saturated carbocycles. The van der Waals surface area contributed by atoms with Crippen molar-refractivity contribution in [3.63, 3.8) is 0 Å². The normalized spacial score (nSPS) is 25.8. The Hall–Kier alpha value is -2.90. The lowest BCUT2D eigenvalue weighted by atomic mass is 10.0. The highest BCUT2D eigenvalue weighted by Gasteiger charge is 2.52. The number of imide groups is 1. The molecule has 2 heterocycles. The van der Waals surface area contributed by atoms with Crippen LogP contribution in [0.25, 0.3) is 0 Å². The summed E-state index contributed by atoms with van der Waals surface area (Å²) in [5.41, 5.74) is -0.319. The van der Waals surface area contributed by atoms with Crippen LogP contribution in [0.2, 0.25) is 0 Å². The minimum absolute atomic E-state index is 0.0930. The third-order valence-electron chi connectivity index (χ3n) is 5.65. The monoisotopic (exact) mass is 400 g/mol. The smallest absolute Gasteiger partial charge is 0.411 e. The summed E-state index contributed by atoms with van der Waals surface area (Å²) >= 11 is 0. The van der Waals surface area contributed by atoms with E-state index in [1.54, 1.807) is 32.9 Å². The zero-order valence-corrected chi connectivity index (χ0v) is 16.7. The summed E-state index contributed by atoms with van der Waals surface area (Å²) in [6, 6.07) is 5.32. The highest BCUT2D eigenvalue weighted by Crippen LogP contribution is 2.42. The Labute approximate surface area is 168 Å². The summed E-state index contributed by atoms with van der Waals surface area (Å²) in [4.78, 5) is 57.4. The predicted octanol–water partition coefficient (Wildman–Crippen LogP) is 2.92. The van der Waals surface area contributed by atoms with Crippen LogP contribution < -0.4 is 0 Å². The Kier molecular flexibility index (Phi) is 4.59. The van der Waals surface area contributed by atoms with Crippen molar-refractivity contribution < 1.29 is 28.8 Å². The van der Waals surface area contributed by atoms with Gasteiger partial charge in [-0.25, -0.2) is 9.59 Å². The van der Waals surface area contributed by atoms with E-state index in [9.17, 15) is 19.2 Å². The minimum atomic E-state index is -0.885. The van der Waals surface area contributed by atoms with E-state index in [-0.39, 0.29) is 23.1 Å². The van der Waals surface area contributed by atoms with Crippen LogP contribution >= 0.6 is 0 Å². The Morgan fingerprint density at radius 2 is 1.66 bits per heavy atom. The lowest BCUT2D eigenvalue weighted by molar-refractivity contribution is -0.174. The van der Waals surface area contributed by atoms with Crippen molar-refractivity contribution in [2.45, 2.75) is 64.1 Å². The third kappa shape index (κ3) is 3.36. The van der Waals surface area contributed by atoms with Crippen LogP contribution in [0.1, 0.15) is 67.2 Å². The number of ether oxygens (including phenoxy) is 1. The van der Waals surface area contributed by atoms with Gasteiger partial charge in [-0.15, -0.1) is 0 Å². The van der Waals surface area contributed by atoms with Gasteiger partial charge in [0.15, 0.2) is 0 Å². The predicted molar refractivity (Wildman–Crippen MR) is 101 cm³/mol. The zero-order chi connectivity index (χ0) is 20.9. The molecule has 1 aliphatic carbocycles. The number of rotatable bonds is 2. The number of fused-ring (bicyclic) bond motifs is 2. The zero-order valence-electron chi connectivity index (χ0n) is 16.7. The molecule has 0 radical (unpaired) electrons. The fourth-order valence-electron chi connectivity index (χ4n) is 4.48. The maximum absolute atomic E-state index is 12.9. The first-order valence-electron chi connectivity index (χ1n) is 9.88. The van der Waals surface area contributed by atoms with Crippen molar-refractivity contribution in [3.8, 4) is 0 Å². The van der Waals surface area contributed by atoms with Gasteiger partial charge in [0.1, 0.15) is 11.6 Å². The molecule has 8 heteroatoms. The van der Waals surface area contributed by atoms with Gasteiger partial charge in [-0.05, 0) is 58.1 Å². The molecule has 3 aliphatic rings. The van der Waals surface area contributed by atoms with Gasteiger partial charge in [0, 0.05) is 6.04 Å². The van der Waals surface area contributed by atoms with E-state index < -0.39 is 35.5 Å². The molecule has 154 valence electrons. The van der Waals surface area contributed by atoms with Crippen LogP contribution in [0, 0.1) is 5.92 Å². The van der Waals surface area contributed by atoms with Gasteiger partial charge in [0.25, 0.3) is 11.8 Å². The third-order valence-corrected chi connectivity index (χ3v) is 5.65. The molecule has 0 N–H and O–H groups in total. The Bertz CT molecular complexity index is 854. The lowest BCUT2D eigenvalue weighted by Gasteiger charge is -2.31. The maximum atomic E-state index is 12.9. The van der Waals surface area contributed by atoms with Crippen LogP contribution in [0.15, 0.2) is 24.3 Å². The highest BCUT2D eigenvalue weighted by molar-refractivity contribution is 6.20. The molecule has 1 aromatic rings. The fourth-order valence-corrected chi connectivity index (χ4v) is 4.48. The highest BCUT2D eigenvalue weighted by atomic mass is 16.7. The second-order valence-corrected chi connectivity index (χ2v) is 8.76. The standard InChI is InChI=1S/C21H24N2O6/c1-21(2,3)28-20(27)22-15-10-6-7-12(15)11-16(22)19(26)29-23-17(24)13-8-4-5-9-14(13)18(23)25/h4-5,8-9,12,15-16H,6-7,10-11H2,1-3H3/t12-,15-,16-/m0/s1. The van der Waals surface area contributed by atoms with Crippen LogP contribution in [0.4, 0.5) is 4.79 Å². The topological polar surface area (TPSA) is 93.2 Å². The lowest BCUT2D eigenvalue weighted by Crippen LogP contribution is -2.49. The SMILES string of the molecule is CC(C)(C)OC(=O)N1[C@H](C(=O)ON2C(=O)c3ccccc3C2=O)C[C@@H]2CCC[C@@H]21. The molecule has 3 amide bonds. The molecule has 2 fully saturated rings. The summed E-state index contributed by atoms with van der Waals surface area (Å²) in [6.45, 7) is 5.29. The first-order valence-corrected chi connectivity index (χ1v) is 9.88. The van der Waals surface area contributed by atoms with E-state index in [2.05, 4.69) is 0 Å². The molecule has 4 rings (SSSR count). The number of hydrogen-bond donors (Lipinski definition) is 0. The minimum Gasteiger partial charge on any atom is -0.444 e. The molecule has 0 unspecified atom stereocenters. The van der Waals surface area contributed by atoms with E-state index in [0.29, 0.717) is 11.5 Å². The van der Waals surface area contributed by atoms with Gasteiger partial charge >= 0.3 is 12.1 Å². The second kappa shape index (κ2) is 6.86. The van der Waals surface area contributed by atoms with E-state index in [1.807, 2.05) is 0 Å². The molecule has 2 aliphatic heterocycles. The van der Waals surface area contributed by atoms with Gasteiger partial charge in [0.2, 0.25) is 0 Å². The van der Waals surface area contributed by atoms with Gasteiger partial charge in [-0.3, -0.25) is 14.5 Å². The van der Waals surface area contributed by atoms with E-state index in [0.717, 1.165) is 19.3 Å². The summed E-state index contributed by atoms with van der Waals surface area (Å²) < 4.78 is 5.50. The number of benzene rings is 1. The van der Waals surface area contributed by atoms with Gasteiger partial charge in [0.05, 0.1) is 11.1 Å². The number of hydroxylamine groups is 2. The van der Waals surface area contributed by atoms with Crippen molar-refractivity contribution in [1.82, 2.24) is 9.96 Å². The molecule has 1 saturated heterocycles. The van der Waals surface area contributed by atoms with Crippen LogP contribution in [0.5, 0.6) is 0 Å². The second-order valence-electron chi connectivity index (χ2n) is 8.76. The molecular weight excluding hydrogens is 376 g/mol. The van der Waals surface area contributed by atoms with Gasteiger partial charge in [-0.1, -0.05) is 23.6 Å². The Balaban J connectivity index is 1.54. The average Bonchev–Trinajstić information content (AvgIpc) is 3.29. The quantitative estimate of drug-likeness (QED) is 0.709. The molecule has 0 spiro atoms. The van der Waals surface area contributed by atoms with E-state index >= 15 is 0 Å². The van der Waals surface area contributed by atoms with E-state index in [1.165, 1.54) is 17.0 Å². The average molecular weight is 400 g/mol. The molecular formula is C21H24N2O6. The molecule has 1 aromatic carbocycles. The van der Waals surface area contributed by atoms with Crippen molar-refractivity contribution in [1.29, 1.82) is 0 Å². The molecule has 3 atom stereocenters. The van der Waals surface area contributed by atoms with Gasteiger partial charge < -0.3 is 9.57 Å². The number of nitrogens with zero attached hydrogens (tertiary/aromatic N) is 2. The van der Waals surface area contributed by atoms with Crippen LogP contribution in [-0.2, 0) is 14.4 Å². The van der Waals surface area contributed by atoms with Crippen LogP contribution in [0.3, 0.4) is 0 Å². The molecule has 8 nitrogen and oxygen atoms in total. The van der Waals surface area contributed by atoms with Crippen molar-refractivity contribution in [2.24, 2.45) is 5.92 Å². The first kappa shape index (κ1) is 19.4. The Morgan fingerprint density at radius 3 is 2.24 bits per heavy atom. The number of carbonyl (C=O) groups excluding carboxylic acids is 4. The fraction of sp³-hybridized carbons (Fsp3) is 0.524. The number of likely N-dealkylation sites (tertiary alicyclic amines) is 1. The number of amides is 3. The summed E-state index contributed by atoms with van der Waals surface area (Å²) in [5.74, 6) is -1.97. The summed E-state index contributed by atoms with van der Waals surface area (Å²) in [5, 5.41) is 0.494. The maximum Gasteiger partial charge on any atom is 0.411 e. The number of carbonyl (C=O) groups is 4. The summed E-state index contributed by atoms with van der Waals surface area (Å²) in [7, 11) is 0. The van der Waals surface area contributed by atoms with E-state index in [4.69, 9.17) is 9.57 Å². The first-order chi connectivity index (χ1) is 13.7. The van der Waals surface area contributed by atoms with Crippen molar-refractivity contribution >= 4 is 23.9 Å². The van der Waals surface area contributed by atoms with Gasteiger partial charge in [-0.2, -0.15) is 0 Å².